The van der Waals surface area contributed by atoms with E-state index in [0.29, 0.717) is 22.8 Å². The van der Waals surface area contributed by atoms with Gasteiger partial charge < -0.3 is 9.47 Å². The van der Waals surface area contributed by atoms with Gasteiger partial charge in [0.15, 0.2) is 0 Å². The smallest absolute Gasteiger partial charge is 0.258 e. The predicted octanol–water partition coefficient (Wildman–Crippen LogP) is 4.50. The monoisotopic (exact) mass is 312 g/mol. The molecule has 1 heterocycles. The molecular formula is C17H25ClO3. The normalized spacial score (nSPS) is 29.0. The van der Waals surface area contributed by atoms with Gasteiger partial charge in [-0.1, -0.05) is 38.3 Å². The highest BCUT2D eigenvalue weighted by Gasteiger charge is 2.57. The van der Waals surface area contributed by atoms with Gasteiger partial charge in [0.25, 0.3) is 5.79 Å². The third-order valence-corrected chi connectivity index (χ3v) is 5.23. The number of hydrogen-bond donors (Lipinski definition) is 0. The molecular weight excluding hydrogens is 288 g/mol. The fourth-order valence-electron chi connectivity index (χ4n) is 3.35. The van der Waals surface area contributed by atoms with Crippen molar-refractivity contribution in [3.8, 4) is 0 Å². The van der Waals surface area contributed by atoms with Crippen LogP contribution in [0.2, 0.25) is 0 Å². The van der Waals surface area contributed by atoms with Gasteiger partial charge >= 0.3 is 0 Å². The van der Waals surface area contributed by atoms with Gasteiger partial charge in [-0.2, -0.15) is 0 Å². The van der Waals surface area contributed by atoms with E-state index in [4.69, 9.17) is 21.1 Å². The lowest BCUT2D eigenvalue weighted by Crippen LogP contribution is -2.47. The van der Waals surface area contributed by atoms with Crippen LogP contribution in [0.25, 0.3) is 0 Å². The van der Waals surface area contributed by atoms with Crippen LogP contribution in [0.1, 0.15) is 60.3 Å². The summed E-state index contributed by atoms with van der Waals surface area (Å²) in [6.45, 7) is 10.2. The van der Waals surface area contributed by atoms with Crippen LogP contribution < -0.4 is 0 Å². The summed E-state index contributed by atoms with van der Waals surface area (Å²) in [5.41, 5.74) is 1.77. The van der Waals surface area contributed by atoms with Crippen molar-refractivity contribution in [1.29, 1.82) is 0 Å². The lowest BCUT2D eigenvalue weighted by Gasteiger charge is -2.35. The zero-order valence-corrected chi connectivity index (χ0v) is 14.4. The minimum atomic E-state index is -1.30. The number of carbonyl (C=O) groups excluding carboxylic acids is 1. The van der Waals surface area contributed by atoms with Gasteiger partial charge in [0.1, 0.15) is 0 Å². The number of ether oxygens (including phenoxy) is 2. The standard InChI is InChI=1S/C17H25ClO3/c1-6-8-16(9-7-2)10-20-17(21-16)13(5)14(18)11(3)12(4)15(17)19/h6-10H2,1-5H3/t17-/m1/s1. The van der Waals surface area contributed by atoms with Crippen LogP contribution >= 0.6 is 11.6 Å². The van der Waals surface area contributed by atoms with E-state index in [0.717, 1.165) is 31.3 Å². The van der Waals surface area contributed by atoms with E-state index in [1.165, 1.54) is 0 Å². The molecule has 1 spiro atoms. The van der Waals surface area contributed by atoms with Crippen LogP contribution in [-0.2, 0) is 14.3 Å². The minimum Gasteiger partial charge on any atom is -0.337 e. The van der Waals surface area contributed by atoms with Crippen LogP contribution in [0.4, 0.5) is 0 Å². The molecule has 1 fully saturated rings. The Morgan fingerprint density at radius 1 is 1.10 bits per heavy atom. The Hall–Kier alpha value is -0.640. The van der Waals surface area contributed by atoms with Gasteiger partial charge in [-0.25, -0.2) is 0 Å². The average Bonchev–Trinajstić information content (AvgIpc) is 2.83. The molecule has 0 amide bonds. The molecule has 0 aromatic heterocycles. The zero-order chi connectivity index (χ0) is 15.8. The molecule has 0 radical (unpaired) electrons. The molecule has 1 aliphatic heterocycles. The van der Waals surface area contributed by atoms with Gasteiger partial charge in [-0.3, -0.25) is 4.79 Å². The summed E-state index contributed by atoms with van der Waals surface area (Å²) in [7, 11) is 0. The van der Waals surface area contributed by atoms with E-state index < -0.39 is 5.79 Å². The van der Waals surface area contributed by atoms with E-state index in [2.05, 4.69) is 13.8 Å². The summed E-state index contributed by atoms with van der Waals surface area (Å²) in [6.07, 6.45) is 3.78. The van der Waals surface area contributed by atoms with E-state index in [9.17, 15) is 4.79 Å². The summed E-state index contributed by atoms with van der Waals surface area (Å²) >= 11 is 6.40. The SMILES string of the molecule is CCCC1(CCC)CO[C@]2(O1)C(=O)C(C)=C(C)C(Cl)=C2C. The van der Waals surface area contributed by atoms with E-state index >= 15 is 0 Å². The molecule has 2 rings (SSSR count). The second-order valence-electron chi connectivity index (χ2n) is 6.21. The quantitative estimate of drug-likeness (QED) is 0.766. The fourth-order valence-corrected chi connectivity index (χ4v) is 3.62. The largest absolute Gasteiger partial charge is 0.337 e. The Labute approximate surface area is 132 Å². The Morgan fingerprint density at radius 2 is 1.67 bits per heavy atom. The molecule has 4 heteroatoms. The molecule has 1 saturated heterocycles. The maximum atomic E-state index is 12.8. The van der Waals surface area contributed by atoms with Gasteiger partial charge in [-0.05, 0) is 39.2 Å². The Kier molecular flexibility index (Phi) is 4.67. The van der Waals surface area contributed by atoms with Gasteiger partial charge in [0.05, 0.1) is 12.2 Å². The summed E-state index contributed by atoms with van der Waals surface area (Å²) in [6, 6.07) is 0. The van der Waals surface area contributed by atoms with Crippen molar-refractivity contribution in [2.45, 2.75) is 71.7 Å². The van der Waals surface area contributed by atoms with Crippen molar-refractivity contribution in [2.75, 3.05) is 6.61 Å². The highest BCUT2D eigenvalue weighted by molar-refractivity contribution is 6.34. The molecule has 118 valence electrons. The molecule has 21 heavy (non-hydrogen) atoms. The molecule has 0 unspecified atom stereocenters. The van der Waals surface area contributed by atoms with Crippen molar-refractivity contribution >= 4 is 17.4 Å². The van der Waals surface area contributed by atoms with Gasteiger partial charge in [-0.15, -0.1) is 0 Å². The first-order valence-corrected chi connectivity index (χ1v) is 8.15. The first kappa shape index (κ1) is 16.7. The molecule has 0 N–H and O–H groups in total. The van der Waals surface area contributed by atoms with E-state index in [-0.39, 0.29) is 11.4 Å². The van der Waals surface area contributed by atoms with E-state index in [1.54, 1.807) is 6.92 Å². The van der Waals surface area contributed by atoms with Crippen molar-refractivity contribution < 1.29 is 14.3 Å². The molecule has 0 aromatic carbocycles. The minimum absolute atomic E-state index is 0.101. The lowest BCUT2D eigenvalue weighted by molar-refractivity contribution is -0.179. The molecule has 1 aliphatic carbocycles. The highest BCUT2D eigenvalue weighted by atomic mass is 35.5. The maximum Gasteiger partial charge on any atom is 0.258 e. The maximum absolute atomic E-state index is 12.8. The fraction of sp³-hybridized carbons (Fsp3) is 0.706. The van der Waals surface area contributed by atoms with Crippen LogP contribution in [0, 0.1) is 0 Å². The topological polar surface area (TPSA) is 35.5 Å². The molecule has 0 aromatic rings. The highest BCUT2D eigenvalue weighted by Crippen LogP contribution is 2.47. The third-order valence-electron chi connectivity index (χ3n) is 4.66. The summed E-state index contributed by atoms with van der Waals surface area (Å²) < 4.78 is 12.3. The van der Waals surface area contributed by atoms with Crippen LogP contribution in [0.3, 0.4) is 0 Å². The number of allylic oxidation sites excluding steroid dienone is 2. The van der Waals surface area contributed by atoms with Crippen LogP contribution in [-0.4, -0.2) is 23.8 Å². The van der Waals surface area contributed by atoms with Crippen molar-refractivity contribution in [3.05, 3.63) is 21.8 Å². The number of Topliss-reactive ketones (excluding diaryl/α,β-unsaturated/α-hetero) is 1. The van der Waals surface area contributed by atoms with Crippen molar-refractivity contribution in [3.63, 3.8) is 0 Å². The van der Waals surface area contributed by atoms with Crippen LogP contribution in [0.15, 0.2) is 21.8 Å². The third kappa shape index (κ3) is 2.49. The number of rotatable bonds is 4. The Morgan fingerprint density at radius 3 is 2.19 bits per heavy atom. The van der Waals surface area contributed by atoms with E-state index in [1.807, 2.05) is 13.8 Å². The predicted molar refractivity (Wildman–Crippen MR) is 84.2 cm³/mol. The molecule has 1 atom stereocenters. The number of ketones is 1. The average molecular weight is 313 g/mol. The van der Waals surface area contributed by atoms with Crippen LogP contribution in [0.5, 0.6) is 0 Å². The van der Waals surface area contributed by atoms with Gasteiger partial charge in [0.2, 0.25) is 5.78 Å². The summed E-state index contributed by atoms with van der Waals surface area (Å²) in [5.74, 6) is -1.40. The molecule has 2 aliphatic rings. The molecule has 0 bridgehead atoms. The number of halogens is 1. The second-order valence-corrected chi connectivity index (χ2v) is 6.59. The lowest BCUT2D eigenvalue weighted by atomic mass is 9.87. The second kappa shape index (κ2) is 5.86. The Balaban J connectivity index is 2.43. The zero-order valence-electron chi connectivity index (χ0n) is 13.6. The Bertz CT molecular complexity index is 512. The van der Waals surface area contributed by atoms with Crippen molar-refractivity contribution in [1.82, 2.24) is 0 Å². The first-order chi connectivity index (χ1) is 9.83. The molecule has 0 saturated carbocycles. The van der Waals surface area contributed by atoms with Crippen molar-refractivity contribution in [2.24, 2.45) is 0 Å². The molecule has 3 nitrogen and oxygen atoms in total. The number of hydrogen-bond acceptors (Lipinski definition) is 3. The first-order valence-electron chi connectivity index (χ1n) is 7.77. The van der Waals surface area contributed by atoms with Gasteiger partial charge in [0, 0.05) is 16.2 Å². The summed E-state index contributed by atoms with van der Waals surface area (Å²) in [4.78, 5) is 12.8. The summed E-state index contributed by atoms with van der Waals surface area (Å²) in [5, 5.41) is 0.593. The number of carbonyl (C=O) groups is 1.